The number of hydrogen-bond donors (Lipinski definition) is 2. The first-order valence-electron chi connectivity index (χ1n) is 11.3. The maximum atomic E-state index is 12.6. The van der Waals surface area contributed by atoms with Crippen LogP contribution in [0.1, 0.15) is 88.2 Å². The molecule has 1 aromatic rings. The van der Waals surface area contributed by atoms with Gasteiger partial charge in [0.2, 0.25) is 0 Å². The minimum atomic E-state index is -0.389. The lowest BCUT2D eigenvalue weighted by molar-refractivity contribution is 0.0519. The summed E-state index contributed by atoms with van der Waals surface area (Å²) < 4.78 is 5.26. The summed E-state index contributed by atoms with van der Waals surface area (Å²) in [5, 5.41) is 12.5. The van der Waals surface area contributed by atoms with Crippen molar-refractivity contribution in [2.24, 2.45) is 5.92 Å². The predicted octanol–water partition coefficient (Wildman–Crippen LogP) is 5.02. The number of piperidine rings is 1. The molecule has 0 bridgehead atoms. The van der Waals surface area contributed by atoms with Crippen LogP contribution in [0.3, 0.4) is 0 Å². The second-order valence-electron chi connectivity index (χ2n) is 8.57. The van der Waals surface area contributed by atoms with Gasteiger partial charge in [-0.15, -0.1) is 0 Å². The first-order valence-corrected chi connectivity index (χ1v) is 11.3. The molecule has 1 aliphatic carbocycles. The predicted molar refractivity (Wildman–Crippen MR) is 118 cm³/mol. The minimum absolute atomic E-state index is 0.0840. The summed E-state index contributed by atoms with van der Waals surface area (Å²) in [6.07, 6.45) is 9.43. The lowest BCUT2D eigenvalue weighted by atomic mass is 9.93. The van der Waals surface area contributed by atoms with Gasteiger partial charge in [-0.05, 0) is 51.0 Å². The van der Waals surface area contributed by atoms with Crippen molar-refractivity contribution >= 4 is 23.2 Å². The van der Waals surface area contributed by atoms with E-state index < -0.39 is 0 Å². The highest BCUT2D eigenvalue weighted by Gasteiger charge is 2.27. The van der Waals surface area contributed by atoms with E-state index >= 15 is 0 Å². The molecule has 3 rings (SSSR count). The lowest BCUT2D eigenvalue weighted by Gasteiger charge is -2.33. The normalized spacial score (nSPS) is 18.0. The number of nitrogens with zero attached hydrogens (tertiary/aromatic N) is 2. The second-order valence-corrected chi connectivity index (χ2v) is 8.57. The van der Waals surface area contributed by atoms with E-state index in [1.54, 1.807) is 0 Å². The maximum Gasteiger partial charge on any atom is 0.357 e. The van der Waals surface area contributed by atoms with Gasteiger partial charge in [0.1, 0.15) is 5.82 Å². The van der Waals surface area contributed by atoms with Crippen LogP contribution in [-0.2, 0) is 4.74 Å². The smallest absolute Gasteiger partial charge is 0.357 e. The first kappa shape index (κ1) is 21.6. The second kappa shape index (κ2) is 10.1. The third-order valence-electron chi connectivity index (χ3n) is 5.97. The van der Waals surface area contributed by atoms with Crippen LogP contribution in [0.15, 0.2) is 6.07 Å². The van der Waals surface area contributed by atoms with Crippen LogP contribution >= 0.6 is 0 Å². The van der Waals surface area contributed by atoms with Gasteiger partial charge in [0.15, 0.2) is 5.69 Å². The van der Waals surface area contributed by atoms with E-state index in [2.05, 4.69) is 10.2 Å². The Hall–Kier alpha value is -2.11. The largest absolute Gasteiger partial charge is 0.461 e. The van der Waals surface area contributed by atoms with Crippen molar-refractivity contribution < 1.29 is 9.53 Å². The van der Waals surface area contributed by atoms with Gasteiger partial charge in [0, 0.05) is 24.8 Å². The summed E-state index contributed by atoms with van der Waals surface area (Å²) in [6, 6.07) is 2.20. The van der Waals surface area contributed by atoms with Crippen molar-refractivity contribution in [3.8, 4) is 0 Å². The molecule has 0 aromatic carbocycles. The van der Waals surface area contributed by atoms with Crippen molar-refractivity contribution in [2.45, 2.75) is 78.2 Å². The fourth-order valence-electron chi connectivity index (χ4n) is 4.32. The van der Waals surface area contributed by atoms with Crippen LogP contribution in [0.25, 0.3) is 0 Å². The Morgan fingerprint density at radius 3 is 2.48 bits per heavy atom. The van der Waals surface area contributed by atoms with Crippen LogP contribution in [-0.4, -0.2) is 42.4 Å². The fourth-order valence-corrected chi connectivity index (χ4v) is 4.32. The molecule has 0 spiro atoms. The summed E-state index contributed by atoms with van der Waals surface area (Å²) in [6.45, 7) is 8.14. The van der Waals surface area contributed by atoms with Gasteiger partial charge in [-0.1, -0.05) is 33.1 Å². The molecule has 29 heavy (non-hydrogen) atoms. The maximum absolute atomic E-state index is 12.6. The number of carbonyl (C=O) groups is 1. The molecule has 1 saturated heterocycles. The van der Waals surface area contributed by atoms with E-state index in [1.807, 2.05) is 26.8 Å². The number of pyridine rings is 1. The number of hydrogen-bond acceptors (Lipinski definition) is 6. The third-order valence-corrected chi connectivity index (χ3v) is 5.97. The van der Waals surface area contributed by atoms with Crippen LogP contribution in [0, 0.1) is 11.3 Å². The fraction of sp³-hybridized carbons (Fsp3) is 0.696. The molecule has 6 nitrogen and oxygen atoms in total. The zero-order chi connectivity index (χ0) is 20.8. The number of aromatic nitrogens is 1. The number of anilines is 2. The molecule has 1 aliphatic heterocycles. The van der Waals surface area contributed by atoms with Crippen molar-refractivity contribution in [2.75, 3.05) is 29.9 Å². The summed E-state index contributed by atoms with van der Waals surface area (Å²) in [7, 11) is 0. The Labute approximate surface area is 174 Å². The van der Waals surface area contributed by atoms with E-state index in [9.17, 15) is 4.79 Å². The lowest BCUT2D eigenvalue weighted by Crippen LogP contribution is -2.33. The number of ether oxygens (including phenoxy) is 1. The van der Waals surface area contributed by atoms with Gasteiger partial charge >= 0.3 is 5.97 Å². The molecule has 2 N–H and O–H groups in total. The molecule has 1 aromatic heterocycles. The summed E-state index contributed by atoms with van der Waals surface area (Å²) >= 11 is 0. The molecule has 0 unspecified atom stereocenters. The number of esters is 1. The Balaban J connectivity index is 2.08. The molecule has 2 aliphatic rings. The average Bonchev–Trinajstić information content (AvgIpc) is 2.74. The van der Waals surface area contributed by atoms with Gasteiger partial charge in [0.05, 0.1) is 17.9 Å². The molecular weight excluding hydrogens is 364 g/mol. The van der Waals surface area contributed by atoms with Gasteiger partial charge in [-0.3, -0.25) is 0 Å². The molecule has 0 radical (unpaired) electrons. The van der Waals surface area contributed by atoms with Crippen LogP contribution in [0.5, 0.6) is 0 Å². The third kappa shape index (κ3) is 5.28. The quantitative estimate of drug-likeness (QED) is 0.496. The average molecular weight is 401 g/mol. The molecule has 2 fully saturated rings. The SMILES string of the molecule is CCOC(=O)c1cc(N2CCCCC2)c(C(=N)C(C)C)c(NC2CCCCC2)n1. The van der Waals surface area contributed by atoms with Crippen molar-refractivity contribution in [1.82, 2.24) is 4.98 Å². The molecular formula is C23H36N4O2. The zero-order valence-electron chi connectivity index (χ0n) is 18.2. The zero-order valence-corrected chi connectivity index (χ0v) is 18.2. The van der Waals surface area contributed by atoms with Crippen molar-refractivity contribution in [3.63, 3.8) is 0 Å². The summed E-state index contributed by atoms with van der Waals surface area (Å²) in [5.74, 6) is 0.377. The topological polar surface area (TPSA) is 78.3 Å². The minimum Gasteiger partial charge on any atom is -0.461 e. The standard InChI is InChI=1S/C23H36N4O2/c1-4-29-23(28)18-15-19(27-13-9-6-10-14-27)20(21(24)16(2)3)22(26-18)25-17-11-7-5-8-12-17/h15-17,24H,4-14H2,1-3H3,(H,25,26). The Bertz CT molecular complexity index is 720. The summed E-state index contributed by atoms with van der Waals surface area (Å²) in [5.41, 5.74) is 2.73. The van der Waals surface area contributed by atoms with E-state index in [1.165, 1.54) is 25.7 Å². The Morgan fingerprint density at radius 1 is 1.21 bits per heavy atom. The van der Waals surface area contributed by atoms with Gasteiger partial charge in [0.25, 0.3) is 0 Å². The summed E-state index contributed by atoms with van der Waals surface area (Å²) in [4.78, 5) is 19.6. The van der Waals surface area contributed by atoms with E-state index in [0.29, 0.717) is 29.9 Å². The van der Waals surface area contributed by atoms with Gasteiger partial charge in [-0.25, -0.2) is 9.78 Å². The number of nitrogens with one attached hydrogen (secondary N) is 2. The van der Waals surface area contributed by atoms with Gasteiger partial charge < -0.3 is 20.4 Å². The van der Waals surface area contributed by atoms with Crippen LogP contribution in [0.4, 0.5) is 11.5 Å². The van der Waals surface area contributed by atoms with E-state index in [0.717, 1.165) is 50.0 Å². The van der Waals surface area contributed by atoms with Crippen molar-refractivity contribution in [3.05, 3.63) is 17.3 Å². The van der Waals surface area contributed by atoms with E-state index in [-0.39, 0.29) is 11.9 Å². The van der Waals surface area contributed by atoms with Gasteiger partial charge in [-0.2, -0.15) is 0 Å². The monoisotopic (exact) mass is 400 g/mol. The highest BCUT2D eigenvalue weighted by Crippen LogP contribution is 2.33. The van der Waals surface area contributed by atoms with E-state index in [4.69, 9.17) is 15.1 Å². The van der Waals surface area contributed by atoms with Crippen LogP contribution in [0.2, 0.25) is 0 Å². The van der Waals surface area contributed by atoms with Crippen LogP contribution < -0.4 is 10.2 Å². The molecule has 0 amide bonds. The molecule has 6 heteroatoms. The first-order chi connectivity index (χ1) is 14.0. The molecule has 1 saturated carbocycles. The number of rotatable bonds is 7. The highest BCUT2D eigenvalue weighted by molar-refractivity contribution is 6.09. The molecule has 2 heterocycles. The Morgan fingerprint density at radius 2 is 1.86 bits per heavy atom. The van der Waals surface area contributed by atoms with Crippen molar-refractivity contribution in [1.29, 1.82) is 5.41 Å². The highest BCUT2D eigenvalue weighted by atomic mass is 16.5. The Kier molecular flexibility index (Phi) is 7.51. The number of carbonyl (C=O) groups excluding carboxylic acids is 1. The molecule has 160 valence electrons. The molecule has 0 atom stereocenters.